The van der Waals surface area contributed by atoms with Crippen LogP contribution in [-0.2, 0) is 14.4 Å². The number of allylic oxidation sites excluding steroid dienone is 2. The van der Waals surface area contributed by atoms with E-state index in [1.165, 1.54) is 0 Å². The fourth-order valence-electron chi connectivity index (χ4n) is 3.47. The summed E-state index contributed by atoms with van der Waals surface area (Å²) in [6.45, 7) is 0.340. The van der Waals surface area contributed by atoms with E-state index in [1.807, 2.05) is 0 Å². The molecule has 1 unspecified atom stereocenters. The molecule has 21 heavy (non-hydrogen) atoms. The molecule has 3 aliphatic rings. The van der Waals surface area contributed by atoms with Gasteiger partial charge in [-0.05, 0) is 43.4 Å². The number of carbonyl (C=O) groups is 2. The second-order valence-corrected chi connectivity index (χ2v) is 6.01. The van der Waals surface area contributed by atoms with E-state index in [-0.39, 0.29) is 12.8 Å². The number of rotatable bonds is 3. The monoisotopic (exact) mass is 295 g/mol. The molecule has 2 fully saturated rings. The lowest BCUT2D eigenvalue weighted by Gasteiger charge is -2.18. The minimum atomic E-state index is -1.05. The van der Waals surface area contributed by atoms with Crippen molar-refractivity contribution in [2.45, 2.75) is 44.8 Å². The molecule has 0 radical (unpaired) electrons. The molecule has 116 valence electrons. The van der Waals surface area contributed by atoms with Crippen LogP contribution in [0.4, 0.5) is 4.79 Å². The van der Waals surface area contributed by atoms with Gasteiger partial charge in [-0.25, -0.2) is 4.79 Å². The highest BCUT2D eigenvalue weighted by molar-refractivity contribution is 5.78. The van der Waals surface area contributed by atoms with Crippen molar-refractivity contribution < 1.29 is 24.3 Å². The summed E-state index contributed by atoms with van der Waals surface area (Å²) in [5.41, 5.74) is 0. The molecule has 3 rings (SSSR count). The van der Waals surface area contributed by atoms with Crippen LogP contribution in [0.3, 0.4) is 0 Å². The molecule has 6 nitrogen and oxygen atoms in total. The number of ether oxygens (including phenoxy) is 1. The summed E-state index contributed by atoms with van der Waals surface area (Å²) < 4.78 is 5.11. The summed E-state index contributed by atoms with van der Waals surface area (Å²) in [6, 6.07) is 0. The summed E-state index contributed by atoms with van der Waals surface area (Å²) in [5, 5.41) is 10.2. The van der Waals surface area contributed by atoms with Crippen molar-refractivity contribution in [3.05, 3.63) is 12.2 Å². The average Bonchev–Trinajstić information content (AvgIpc) is 2.98. The van der Waals surface area contributed by atoms with Crippen LogP contribution in [0.15, 0.2) is 12.2 Å². The Labute approximate surface area is 123 Å². The minimum Gasteiger partial charge on any atom is -0.432 e. The van der Waals surface area contributed by atoms with Crippen molar-refractivity contribution in [3.63, 3.8) is 0 Å². The van der Waals surface area contributed by atoms with Gasteiger partial charge in [-0.3, -0.25) is 4.79 Å². The number of aliphatic hydroxyl groups is 1. The highest BCUT2D eigenvalue weighted by Crippen LogP contribution is 2.52. The Hall–Kier alpha value is -1.56. The lowest BCUT2D eigenvalue weighted by Crippen LogP contribution is -2.35. The molecule has 1 saturated heterocycles. The molecular weight excluding hydrogens is 274 g/mol. The fourth-order valence-corrected chi connectivity index (χ4v) is 3.47. The Morgan fingerprint density at radius 3 is 2.48 bits per heavy atom. The molecule has 1 heterocycles. The van der Waals surface area contributed by atoms with Crippen molar-refractivity contribution in [2.75, 3.05) is 6.61 Å². The highest BCUT2D eigenvalue weighted by atomic mass is 16.8. The maximum absolute atomic E-state index is 11.6. The number of nitrogens with zero attached hydrogens (tertiary/aromatic N) is 1. The van der Waals surface area contributed by atoms with Gasteiger partial charge in [0, 0.05) is 12.8 Å². The average molecular weight is 295 g/mol. The summed E-state index contributed by atoms with van der Waals surface area (Å²) in [5.74, 6) is 1.30. The lowest BCUT2D eigenvalue weighted by atomic mass is 10.1. The van der Waals surface area contributed by atoms with E-state index >= 15 is 0 Å². The minimum absolute atomic E-state index is 0.189. The molecule has 1 saturated carbocycles. The highest BCUT2D eigenvalue weighted by Gasteiger charge is 2.49. The van der Waals surface area contributed by atoms with Crippen LogP contribution in [0.5, 0.6) is 0 Å². The Kier molecular flexibility index (Phi) is 4.14. The van der Waals surface area contributed by atoms with E-state index in [4.69, 9.17) is 9.57 Å². The van der Waals surface area contributed by atoms with E-state index in [0.29, 0.717) is 29.4 Å². The van der Waals surface area contributed by atoms with Crippen LogP contribution < -0.4 is 0 Å². The molecule has 1 amide bonds. The Balaban J connectivity index is 1.41. The number of hydrogen-bond acceptors (Lipinski definition) is 5. The van der Waals surface area contributed by atoms with Gasteiger partial charge in [-0.1, -0.05) is 12.2 Å². The number of aliphatic hydroxyl groups excluding tert-OH is 1. The Morgan fingerprint density at radius 2 is 1.90 bits per heavy atom. The van der Waals surface area contributed by atoms with Gasteiger partial charge in [0.05, 0.1) is 6.61 Å². The van der Waals surface area contributed by atoms with Crippen LogP contribution in [0.2, 0.25) is 0 Å². The quantitative estimate of drug-likeness (QED) is 0.636. The van der Waals surface area contributed by atoms with Crippen molar-refractivity contribution in [1.29, 1.82) is 0 Å². The second-order valence-electron chi connectivity index (χ2n) is 6.01. The van der Waals surface area contributed by atoms with Crippen LogP contribution in [0.1, 0.15) is 38.5 Å². The second kappa shape index (κ2) is 6.05. The van der Waals surface area contributed by atoms with Crippen LogP contribution >= 0.6 is 0 Å². The van der Waals surface area contributed by atoms with E-state index in [2.05, 4.69) is 12.2 Å². The third-order valence-electron chi connectivity index (χ3n) is 4.71. The summed E-state index contributed by atoms with van der Waals surface area (Å²) in [7, 11) is 0. The summed E-state index contributed by atoms with van der Waals surface area (Å²) in [6.07, 6.45) is 7.45. The van der Waals surface area contributed by atoms with Crippen LogP contribution in [-0.4, -0.2) is 35.1 Å². The normalized spacial score (nSPS) is 36.4. The molecular formula is C15H21NO5. The van der Waals surface area contributed by atoms with Crippen molar-refractivity contribution in [3.8, 4) is 0 Å². The fraction of sp³-hybridized carbons (Fsp3) is 0.733. The number of amides is 1. The zero-order chi connectivity index (χ0) is 14.8. The topological polar surface area (TPSA) is 76.1 Å². The molecule has 4 atom stereocenters. The summed E-state index contributed by atoms with van der Waals surface area (Å²) in [4.78, 5) is 27.8. The van der Waals surface area contributed by atoms with Gasteiger partial charge >= 0.3 is 6.16 Å². The molecule has 1 aliphatic heterocycles. The molecule has 2 aliphatic carbocycles. The predicted molar refractivity (Wildman–Crippen MR) is 72.6 cm³/mol. The third-order valence-corrected chi connectivity index (χ3v) is 4.71. The first-order valence-corrected chi connectivity index (χ1v) is 7.66. The predicted octanol–water partition coefficient (Wildman–Crippen LogP) is 1.99. The molecule has 0 bridgehead atoms. The van der Waals surface area contributed by atoms with Crippen molar-refractivity contribution in [1.82, 2.24) is 5.06 Å². The smallest absolute Gasteiger partial charge is 0.432 e. The summed E-state index contributed by atoms with van der Waals surface area (Å²) >= 11 is 0. The zero-order valence-electron chi connectivity index (χ0n) is 11.9. The maximum Gasteiger partial charge on any atom is 0.533 e. The van der Waals surface area contributed by atoms with Gasteiger partial charge < -0.3 is 14.7 Å². The Morgan fingerprint density at radius 1 is 1.24 bits per heavy atom. The number of hydrogen-bond donors (Lipinski definition) is 1. The van der Waals surface area contributed by atoms with Gasteiger partial charge in [0.2, 0.25) is 0 Å². The van der Waals surface area contributed by atoms with E-state index in [9.17, 15) is 14.7 Å². The first kappa shape index (κ1) is 14.4. The zero-order valence-corrected chi connectivity index (χ0v) is 11.9. The first-order chi connectivity index (χ1) is 10.2. The van der Waals surface area contributed by atoms with Crippen LogP contribution in [0.25, 0.3) is 0 Å². The molecule has 6 heteroatoms. The van der Waals surface area contributed by atoms with Gasteiger partial charge in [0.25, 0.3) is 5.91 Å². The van der Waals surface area contributed by atoms with Gasteiger partial charge in [0.1, 0.15) is 0 Å². The molecule has 1 N–H and O–H groups in total. The van der Waals surface area contributed by atoms with E-state index < -0.39 is 18.3 Å². The van der Waals surface area contributed by atoms with E-state index in [0.717, 1.165) is 25.7 Å². The Bertz CT molecular complexity index is 433. The van der Waals surface area contributed by atoms with Crippen molar-refractivity contribution in [2.24, 2.45) is 17.8 Å². The molecule has 0 spiro atoms. The third kappa shape index (κ3) is 3.20. The molecule has 0 aromatic heterocycles. The van der Waals surface area contributed by atoms with Gasteiger partial charge in [0.15, 0.2) is 6.23 Å². The SMILES string of the molecule is O=C(OC[C@@H]1[C@@H]2CC/C=C\CC[C@@H]21)ON1C(=O)CCC1O. The number of hydroxylamine groups is 2. The largest absolute Gasteiger partial charge is 0.533 e. The van der Waals surface area contributed by atoms with Crippen LogP contribution in [0, 0.1) is 17.8 Å². The molecule has 0 aromatic rings. The van der Waals surface area contributed by atoms with Gasteiger partial charge in [-0.15, -0.1) is 5.06 Å². The van der Waals surface area contributed by atoms with E-state index in [1.54, 1.807) is 0 Å². The molecule has 0 aromatic carbocycles. The first-order valence-electron chi connectivity index (χ1n) is 7.66. The standard InChI is InChI=1S/C15H21NO5/c17-13-7-8-14(18)16(13)21-15(19)20-9-12-10-5-3-1-2-4-6-11(10)12/h1-2,10-13,17H,3-9H2/b2-1-/t10-,11+,12-,13?. The lowest BCUT2D eigenvalue weighted by molar-refractivity contribution is -0.199. The van der Waals surface area contributed by atoms with Crippen molar-refractivity contribution >= 4 is 12.1 Å². The number of carbonyl (C=O) groups excluding carboxylic acids is 2. The number of fused-ring (bicyclic) bond motifs is 1. The maximum atomic E-state index is 11.6. The van der Waals surface area contributed by atoms with Gasteiger partial charge in [-0.2, -0.15) is 0 Å².